The summed E-state index contributed by atoms with van der Waals surface area (Å²) < 4.78 is 2.30. The van der Waals surface area contributed by atoms with Gasteiger partial charge in [0.15, 0.2) is 5.69 Å². The van der Waals surface area contributed by atoms with Crippen LogP contribution in [-0.2, 0) is 13.0 Å². The number of carbonyl (C=O) groups excluding carboxylic acids is 1. The number of nitrogens with zero attached hydrogens (tertiary/aromatic N) is 7. The van der Waals surface area contributed by atoms with Crippen molar-refractivity contribution in [2.75, 3.05) is 13.1 Å². The molecule has 29 heavy (non-hydrogen) atoms. The maximum Gasteiger partial charge on any atom is 0.276 e. The van der Waals surface area contributed by atoms with Crippen molar-refractivity contribution in [3.8, 4) is 5.69 Å². The highest BCUT2D eigenvalue weighted by molar-refractivity contribution is 5.92. The molecule has 8 nitrogen and oxygen atoms in total. The SMILES string of the molecule is O=C(c1cnn(-c2ccccc2)n1)N1CCCC(c2nnc3n2CCCCC3)C1. The van der Waals surface area contributed by atoms with Gasteiger partial charge in [-0.3, -0.25) is 4.79 Å². The summed E-state index contributed by atoms with van der Waals surface area (Å²) in [4.78, 5) is 16.5. The number of aromatic nitrogens is 6. The summed E-state index contributed by atoms with van der Waals surface area (Å²) in [5.41, 5.74) is 1.23. The number of aryl methyl sites for hydroxylation is 1. The summed E-state index contributed by atoms with van der Waals surface area (Å²) in [6.07, 6.45) is 8.17. The molecule has 2 aromatic heterocycles. The Morgan fingerprint density at radius 2 is 1.90 bits per heavy atom. The van der Waals surface area contributed by atoms with Crippen LogP contribution in [0.3, 0.4) is 0 Å². The molecule has 2 aliphatic rings. The Morgan fingerprint density at radius 3 is 2.79 bits per heavy atom. The second kappa shape index (κ2) is 7.77. The molecule has 0 spiro atoms. The van der Waals surface area contributed by atoms with Crippen molar-refractivity contribution in [3.63, 3.8) is 0 Å². The molecule has 150 valence electrons. The molecule has 2 aliphatic heterocycles. The zero-order valence-corrected chi connectivity index (χ0v) is 16.4. The third-order valence-electron chi connectivity index (χ3n) is 5.91. The third kappa shape index (κ3) is 3.54. The number of hydrogen-bond acceptors (Lipinski definition) is 5. The predicted octanol–water partition coefficient (Wildman–Crippen LogP) is 2.61. The molecule has 1 atom stereocenters. The number of amides is 1. The molecule has 3 aromatic rings. The van der Waals surface area contributed by atoms with Crippen molar-refractivity contribution in [2.24, 2.45) is 0 Å². The first-order valence-corrected chi connectivity index (χ1v) is 10.5. The minimum absolute atomic E-state index is 0.0625. The van der Waals surface area contributed by atoms with Gasteiger partial charge in [-0.25, -0.2) is 0 Å². The van der Waals surface area contributed by atoms with Crippen molar-refractivity contribution < 1.29 is 4.79 Å². The quantitative estimate of drug-likeness (QED) is 0.685. The summed E-state index contributed by atoms with van der Waals surface area (Å²) in [7, 11) is 0. The summed E-state index contributed by atoms with van der Waals surface area (Å²) in [5.74, 6) is 2.32. The standard InChI is InChI=1S/C21H25N7O/c29-21(18-14-22-28(25-18)17-9-3-1-4-10-17)26-12-7-8-16(15-26)20-24-23-19-11-5-2-6-13-27(19)20/h1,3-4,9-10,14,16H,2,5-8,11-13,15H2. The average molecular weight is 391 g/mol. The maximum atomic E-state index is 13.1. The minimum atomic E-state index is -0.0625. The lowest BCUT2D eigenvalue weighted by molar-refractivity contribution is 0.0696. The molecule has 1 fully saturated rings. The maximum absolute atomic E-state index is 13.1. The Labute approximate surface area is 169 Å². The first-order valence-electron chi connectivity index (χ1n) is 10.5. The van der Waals surface area contributed by atoms with Crippen LogP contribution in [0, 0.1) is 0 Å². The summed E-state index contributed by atoms with van der Waals surface area (Å²) in [5, 5.41) is 17.6. The molecule has 0 bridgehead atoms. The van der Waals surface area contributed by atoms with Crippen LogP contribution in [-0.4, -0.2) is 53.7 Å². The molecule has 1 unspecified atom stereocenters. The molecule has 4 heterocycles. The van der Waals surface area contributed by atoms with Gasteiger partial charge in [0, 0.05) is 32.0 Å². The van der Waals surface area contributed by atoms with Crippen molar-refractivity contribution in [2.45, 2.75) is 51.0 Å². The fourth-order valence-electron chi connectivity index (χ4n) is 4.39. The number of carbonyl (C=O) groups is 1. The van der Waals surface area contributed by atoms with E-state index < -0.39 is 0 Å². The van der Waals surface area contributed by atoms with E-state index in [0.717, 1.165) is 49.7 Å². The number of likely N-dealkylation sites (tertiary alicyclic amines) is 1. The normalized spacial score (nSPS) is 19.6. The van der Waals surface area contributed by atoms with Crippen LogP contribution in [0.2, 0.25) is 0 Å². The van der Waals surface area contributed by atoms with E-state index in [1.807, 2.05) is 35.2 Å². The Bertz CT molecular complexity index is 994. The van der Waals surface area contributed by atoms with E-state index >= 15 is 0 Å². The lowest BCUT2D eigenvalue weighted by atomic mass is 9.96. The zero-order chi connectivity index (χ0) is 19.6. The lowest BCUT2D eigenvalue weighted by Crippen LogP contribution is -2.40. The van der Waals surface area contributed by atoms with Crippen LogP contribution in [0.5, 0.6) is 0 Å². The fourth-order valence-corrected chi connectivity index (χ4v) is 4.39. The molecule has 1 aromatic carbocycles. The van der Waals surface area contributed by atoms with Crippen LogP contribution in [0.25, 0.3) is 5.69 Å². The molecule has 0 aliphatic carbocycles. The van der Waals surface area contributed by atoms with Gasteiger partial charge in [0.25, 0.3) is 5.91 Å². The van der Waals surface area contributed by atoms with Gasteiger partial charge < -0.3 is 9.47 Å². The van der Waals surface area contributed by atoms with Crippen LogP contribution in [0.4, 0.5) is 0 Å². The fraction of sp³-hybridized carbons (Fsp3) is 0.476. The van der Waals surface area contributed by atoms with Crippen LogP contribution in [0.1, 0.15) is 60.2 Å². The molecule has 8 heteroatoms. The van der Waals surface area contributed by atoms with E-state index in [2.05, 4.69) is 25.0 Å². The Kier molecular flexibility index (Phi) is 4.83. The zero-order valence-electron chi connectivity index (χ0n) is 16.4. The lowest BCUT2D eigenvalue weighted by Gasteiger charge is -2.32. The molecule has 5 rings (SSSR count). The van der Waals surface area contributed by atoms with E-state index in [0.29, 0.717) is 12.2 Å². The third-order valence-corrected chi connectivity index (χ3v) is 5.91. The molecule has 0 N–H and O–H groups in total. The number of rotatable bonds is 3. The number of piperidine rings is 1. The van der Waals surface area contributed by atoms with Crippen LogP contribution >= 0.6 is 0 Å². The van der Waals surface area contributed by atoms with Crippen molar-refractivity contribution in [1.29, 1.82) is 0 Å². The summed E-state index contributed by atoms with van der Waals surface area (Å²) >= 11 is 0. The van der Waals surface area contributed by atoms with E-state index in [9.17, 15) is 4.79 Å². The summed E-state index contributed by atoms with van der Waals surface area (Å²) in [6.45, 7) is 2.40. The molecule has 0 radical (unpaired) electrons. The molecular formula is C21H25N7O. The van der Waals surface area contributed by atoms with E-state index in [1.54, 1.807) is 6.20 Å². The second-order valence-corrected chi connectivity index (χ2v) is 7.88. The Hall–Kier alpha value is -3.03. The topological polar surface area (TPSA) is 81.7 Å². The highest BCUT2D eigenvalue weighted by atomic mass is 16.2. The van der Waals surface area contributed by atoms with Crippen molar-refractivity contribution in [3.05, 3.63) is 53.9 Å². The summed E-state index contributed by atoms with van der Waals surface area (Å²) in [6, 6.07) is 9.64. The Morgan fingerprint density at radius 1 is 1.00 bits per heavy atom. The highest BCUT2D eigenvalue weighted by Crippen LogP contribution is 2.28. The van der Waals surface area contributed by atoms with Gasteiger partial charge in [-0.1, -0.05) is 24.6 Å². The number of hydrogen-bond donors (Lipinski definition) is 0. The van der Waals surface area contributed by atoms with Crippen LogP contribution in [0.15, 0.2) is 36.5 Å². The molecule has 1 saturated heterocycles. The van der Waals surface area contributed by atoms with Crippen molar-refractivity contribution >= 4 is 5.91 Å². The number of benzene rings is 1. The molecular weight excluding hydrogens is 366 g/mol. The average Bonchev–Trinajstić information content (AvgIpc) is 3.36. The van der Waals surface area contributed by atoms with Gasteiger partial charge in [-0.05, 0) is 37.8 Å². The van der Waals surface area contributed by atoms with Gasteiger partial charge in [-0.2, -0.15) is 9.90 Å². The first kappa shape index (κ1) is 18.0. The minimum Gasteiger partial charge on any atom is -0.336 e. The largest absolute Gasteiger partial charge is 0.336 e. The van der Waals surface area contributed by atoms with E-state index in [-0.39, 0.29) is 11.8 Å². The van der Waals surface area contributed by atoms with Gasteiger partial charge in [-0.15, -0.1) is 15.3 Å². The van der Waals surface area contributed by atoms with Gasteiger partial charge in [0.05, 0.1) is 11.9 Å². The molecule has 0 saturated carbocycles. The van der Waals surface area contributed by atoms with Crippen LogP contribution < -0.4 is 0 Å². The first-order chi connectivity index (χ1) is 14.3. The van der Waals surface area contributed by atoms with Gasteiger partial charge >= 0.3 is 0 Å². The van der Waals surface area contributed by atoms with Crippen molar-refractivity contribution in [1.82, 2.24) is 34.7 Å². The van der Waals surface area contributed by atoms with Gasteiger partial charge in [0.2, 0.25) is 0 Å². The monoisotopic (exact) mass is 391 g/mol. The Balaban J connectivity index is 1.33. The number of para-hydroxylation sites is 1. The predicted molar refractivity (Wildman–Crippen MR) is 107 cm³/mol. The van der Waals surface area contributed by atoms with Gasteiger partial charge in [0.1, 0.15) is 11.6 Å². The highest BCUT2D eigenvalue weighted by Gasteiger charge is 2.30. The smallest absolute Gasteiger partial charge is 0.276 e. The molecule has 1 amide bonds. The van der Waals surface area contributed by atoms with E-state index in [1.165, 1.54) is 24.1 Å². The second-order valence-electron chi connectivity index (χ2n) is 7.88. The van der Waals surface area contributed by atoms with E-state index in [4.69, 9.17) is 0 Å². The number of fused-ring (bicyclic) bond motifs is 1.